The molecule has 146 valence electrons. The first kappa shape index (κ1) is 19.3. The van der Waals surface area contributed by atoms with E-state index in [0.717, 1.165) is 10.2 Å². The fourth-order valence-corrected chi connectivity index (χ4v) is 5.63. The highest BCUT2D eigenvalue weighted by Gasteiger charge is 2.29. The smallest absolute Gasteiger partial charge is 0.257 e. The molecule has 3 aromatic rings. The Hall–Kier alpha value is -2.04. The van der Waals surface area contributed by atoms with Crippen LogP contribution in [0.15, 0.2) is 47.4 Å². The average molecular weight is 438 g/mol. The third kappa shape index (κ3) is 3.76. The molecule has 2 aromatic carbocycles. The highest BCUT2D eigenvalue weighted by molar-refractivity contribution is 7.89. The van der Waals surface area contributed by atoms with E-state index in [0.29, 0.717) is 18.3 Å². The largest absolute Gasteiger partial charge is 0.379 e. The highest BCUT2D eigenvalue weighted by Crippen LogP contribution is 2.28. The Kier molecular flexibility index (Phi) is 5.35. The van der Waals surface area contributed by atoms with Crippen LogP contribution >= 0.6 is 22.9 Å². The number of thiazole rings is 1. The Balaban J connectivity index is 1.61. The van der Waals surface area contributed by atoms with Crippen molar-refractivity contribution in [2.75, 3.05) is 31.6 Å². The Labute approximate surface area is 170 Å². The van der Waals surface area contributed by atoms with Gasteiger partial charge < -0.3 is 4.74 Å². The van der Waals surface area contributed by atoms with Crippen molar-refractivity contribution in [1.82, 2.24) is 9.29 Å². The van der Waals surface area contributed by atoms with E-state index in [-0.39, 0.29) is 28.6 Å². The number of hydrogen-bond acceptors (Lipinski definition) is 6. The minimum Gasteiger partial charge on any atom is -0.379 e. The molecule has 1 aliphatic heterocycles. The summed E-state index contributed by atoms with van der Waals surface area (Å²) >= 11 is 7.49. The number of sulfonamides is 1. The molecule has 0 spiro atoms. The fraction of sp³-hybridized carbons (Fsp3) is 0.222. The van der Waals surface area contributed by atoms with Gasteiger partial charge >= 0.3 is 0 Å². The Bertz CT molecular complexity index is 1110. The third-order valence-electron chi connectivity index (χ3n) is 4.30. The topological polar surface area (TPSA) is 88.6 Å². The van der Waals surface area contributed by atoms with Gasteiger partial charge in [-0.05, 0) is 30.3 Å². The van der Waals surface area contributed by atoms with Crippen LogP contribution in [0.1, 0.15) is 10.4 Å². The van der Waals surface area contributed by atoms with Crippen LogP contribution in [0.25, 0.3) is 10.2 Å². The van der Waals surface area contributed by atoms with Crippen molar-refractivity contribution in [2.45, 2.75) is 4.90 Å². The van der Waals surface area contributed by atoms with Gasteiger partial charge in [0.15, 0.2) is 5.13 Å². The number of halogens is 1. The summed E-state index contributed by atoms with van der Waals surface area (Å²) in [5.74, 6) is -0.450. The Morgan fingerprint density at radius 1 is 1.18 bits per heavy atom. The first-order chi connectivity index (χ1) is 13.4. The molecule has 1 aromatic heterocycles. The molecule has 0 unspecified atom stereocenters. The van der Waals surface area contributed by atoms with Gasteiger partial charge in [-0.2, -0.15) is 4.31 Å². The number of aromatic nitrogens is 1. The molecule has 1 aliphatic rings. The molecular weight excluding hydrogens is 422 g/mol. The molecule has 0 aliphatic carbocycles. The van der Waals surface area contributed by atoms with Crippen molar-refractivity contribution in [2.24, 2.45) is 0 Å². The van der Waals surface area contributed by atoms with E-state index in [1.165, 1.54) is 33.8 Å². The number of fused-ring (bicyclic) bond motifs is 1. The lowest BCUT2D eigenvalue weighted by Crippen LogP contribution is -2.40. The van der Waals surface area contributed by atoms with E-state index in [4.69, 9.17) is 16.3 Å². The number of carbonyl (C=O) groups is 1. The maximum Gasteiger partial charge on any atom is 0.257 e. The number of ether oxygens (including phenoxy) is 1. The Morgan fingerprint density at radius 2 is 1.93 bits per heavy atom. The van der Waals surface area contributed by atoms with Crippen molar-refractivity contribution < 1.29 is 17.9 Å². The zero-order valence-corrected chi connectivity index (χ0v) is 17.0. The lowest BCUT2D eigenvalue weighted by molar-refractivity contribution is 0.0730. The van der Waals surface area contributed by atoms with Crippen molar-refractivity contribution in [3.05, 3.63) is 53.1 Å². The van der Waals surface area contributed by atoms with Gasteiger partial charge in [0.05, 0.1) is 28.5 Å². The van der Waals surface area contributed by atoms with Gasteiger partial charge in [-0.1, -0.05) is 35.1 Å². The fourth-order valence-electron chi connectivity index (χ4n) is 2.86. The van der Waals surface area contributed by atoms with Crippen LogP contribution in [0.5, 0.6) is 0 Å². The van der Waals surface area contributed by atoms with Gasteiger partial charge in [0.1, 0.15) is 4.90 Å². The number of anilines is 1. The van der Waals surface area contributed by atoms with Gasteiger partial charge in [-0.15, -0.1) is 0 Å². The predicted octanol–water partition coefficient (Wildman–Crippen LogP) is 3.22. The van der Waals surface area contributed by atoms with E-state index in [9.17, 15) is 13.2 Å². The molecule has 10 heteroatoms. The summed E-state index contributed by atoms with van der Waals surface area (Å²) in [7, 11) is -3.81. The number of nitrogens with one attached hydrogen (secondary N) is 1. The summed E-state index contributed by atoms with van der Waals surface area (Å²) in [6.45, 7) is 1.16. The van der Waals surface area contributed by atoms with Crippen LogP contribution in [-0.4, -0.2) is 49.9 Å². The number of nitrogens with zero attached hydrogens (tertiary/aromatic N) is 2. The summed E-state index contributed by atoms with van der Waals surface area (Å²) < 4.78 is 33.3. The molecular formula is C18H16ClN3O4S2. The van der Waals surface area contributed by atoms with Gasteiger partial charge in [0, 0.05) is 18.7 Å². The zero-order valence-electron chi connectivity index (χ0n) is 14.6. The van der Waals surface area contributed by atoms with Crippen LogP contribution in [0.4, 0.5) is 5.13 Å². The average Bonchev–Trinajstić information content (AvgIpc) is 3.11. The van der Waals surface area contributed by atoms with Crippen LogP contribution in [0, 0.1) is 0 Å². The van der Waals surface area contributed by atoms with E-state index in [1.807, 2.05) is 24.3 Å². The highest BCUT2D eigenvalue weighted by atomic mass is 35.5. The van der Waals surface area contributed by atoms with Gasteiger partial charge in [-0.3, -0.25) is 10.1 Å². The van der Waals surface area contributed by atoms with Crippen molar-refractivity contribution in [3.63, 3.8) is 0 Å². The lowest BCUT2D eigenvalue weighted by Gasteiger charge is -2.26. The summed E-state index contributed by atoms with van der Waals surface area (Å²) in [6.07, 6.45) is 0. The summed E-state index contributed by atoms with van der Waals surface area (Å²) in [5, 5.41) is 3.24. The second-order valence-corrected chi connectivity index (χ2v) is 9.45. The molecule has 1 saturated heterocycles. The van der Waals surface area contributed by atoms with Gasteiger partial charge in [0.25, 0.3) is 5.91 Å². The van der Waals surface area contributed by atoms with Crippen LogP contribution < -0.4 is 5.32 Å². The van der Waals surface area contributed by atoms with Crippen LogP contribution in [-0.2, 0) is 14.8 Å². The molecule has 0 atom stereocenters. The molecule has 0 saturated carbocycles. The number of amides is 1. The number of benzene rings is 2. The van der Waals surface area contributed by atoms with Crippen LogP contribution in [0.3, 0.4) is 0 Å². The summed E-state index contributed by atoms with van der Waals surface area (Å²) in [5.41, 5.74) is 0.977. The molecule has 1 fully saturated rings. The predicted molar refractivity (Wildman–Crippen MR) is 109 cm³/mol. The normalized spacial score (nSPS) is 15.6. The third-order valence-corrected chi connectivity index (χ3v) is 7.63. The number of carbonyl (C=O) groups excluding carboxylic acids is 1. The SMILES string of the molecule is O=C(Nc1nc2ccccc2s1)c1ccc(Cl)c(S(=O)(=O)N2CCOCC2)c1. The summed E-state index contributed by atoms with van der Waals surface area (Å²) in [4.78, 5) is 16.9. The second-order valence-electron chi connectivity index (χ2n) is 6.10. The van der Waals surface area contributed by atoms with Crippen LogP contribution in [0.2, 0.25) is 5.02 Å². The summed E-state index contributed by atoms with van der Waals surface area (Å²) in [6, 6.07) is 11.7. The monoisotopic (exact) mass is 437 g/mol. The molecule has 1 amide bonds. The minimum absolute atomic E-state index is 0.0722. The molecule has 2 heterocycles. The minimum atomic E-state index is -3.81. The standard InChI is InChI=1S/C18H16ClN3O4S2/c19-13-6-5-12(11-16(13)28(24,25)22-7-9-26-10-8-22)17(23)21-18-20-14-3-1-2-4-15(14)27-18/h1-6,11H,7-10H2,(H,20,21,23). The Morgan fingerprint density at radius 3 is 2.68 bits per heavy atom. The maximum absolute atomic E-state index is 12.9. The van der Waals surface area contributed by atoms with Gasteiger partial charge in [-0.25, -0.2) is 13.4 Å². The molecule has 7 nitrogen and oxygen atoms in total. The van der Waals surface area contributed by atoms with Crippen molar-refractivity contribution in [3.8, 4) is 0 Å². The van der Waals surface area contributed by atoms with E-state index in [1.54, 1.807) is 0 Å². The maximum atomic E-state index is 12.9. The van der Waals surface area contributed by atoms with Crippen molar-refractivity contribution in [1.29, 1.82) is 0 Å². The quantitative estimate of drug-likeness (QED) is 0.677. The van der Waals surface area contributed by atoms with Crippen molar-refractivity contribution >= 4 is 54.2 Å². The van der Waals surface area contributed by atoms with E-state index >= 15 is 0 Å². The lowest BCUT2D eigenvalue weighted by atomic mass is 10.2. The number of rotatable bonds is 4. The number of para-hydroxylation sites is 1. The first-order valence-electron chi connectivity index (χ1n) is 8.49. The molecule has 4 rings (SSSR count). The zero-order chi connectivity index (χ0) is 19.7. The molecule has 0 radical (unpaired) electrons. The second kappa shape index (κ2) is 7.76. The molecule has 0 bridgehead atoms. The van der Waals surface area contributed by atoms with E-state index < -0.39 is 15.9 Å². The molecule has 1 N–H and O–H groups in total. The van der Waals surface area contributed by atoms with Gasteiger partial charge in [0.2, 0.25) is 10.0 Å². The van der Waals surface area contributed by atoms with E-state index in [2.05, 4.69) is 10.3 Å². The number of hydrogen-bond donors (Lipinski definition) is 1. The first-order valence-corrected chi connectivity index (χ1v) is 11.1. The molecule has 28 heavy (non-hydrogen) atoms. The number of morpholine rings is 1.